The molecule has 3 fully saturated rings. The molecule has 7 heteroatoms. The fourth-order valence-electron chi connectivity index (χ4n) is 4.18. The van der Waals surface area contributed by atoms with Crippen molar-refractivity contribution < 1.29 is 14.4 Å². The lowest BCUT2D eigenvalue weighted by molar-refractivity contribution is -0.136. The van der Waals surface area contributed by atoms with Gasteiger partial charge < -0.3 is 15.1 Å². The zero-order valence-corrected chi connectivity index (χ0v) is 16.4. The molecule has 3 heterocycles. The Hall–Kier alpha value is -1.89. The summed E-state index contributed by atoms with van der Waals surface area (Å²) in [5.41, 5.74) is 0. The molecular weight excluding hydrogens is 362 g/mol. The summed E-state index contributed by atoms with van der Waals surface area (Å²) >= 11 is 1.39. The highest BCUT2D eigenvalue weighted by molar-refractivity contribution is 7.12. The highest BCUT2D eigenvalue weighted by Crippen LogP contribution is 2.33. The van der Waals surface area contributed by atoms with Gasteiger partial charge in [0.05, 0.1) is 4.88 Å². The first-order chi connectivity index (χ1) is 13.1. The zero-order valence-electron chi connectivity index (χ0n) is 15.6. The molecule has 1 saturated carbocycles. The van der Waals surface area contributed by atoms with E-state index in [4.69, 9.17) is 0 Å². The molecule has 1 unspecified atom stereocenters. The normalized spacial score (nSPS) is 21.9. The van der Waals surface area contributed by atoms with Gasteiger partial charge in [-0.05, 0) is 55.9 Å². The second-order valence-corrected chi connectivity index (χ2v) is 8.85. The third kappa shape index (κ3) is 4.18. The summed E-state index contributed by atoms with van der Waals surface area (Å²) in [5.74, 6) is 0.481. The number of piperidine rings is 1. The van der Waals surface area contributed by atoms with E-state index in [-0.39, 0.29) is 29.6 Å². The molecule has 0 aromatic carbocycles. The minimum Gasteiger partial charge on any atom is -0.342 e. The lowest BCUT2D eigenvalue weighted by Gasteiger charge is -2.37. The summed E-state index contributed by atoms with van der Waals surface area (Å²) in [7, 11) is 0. The first-order valence-corrected chi connectivity index (χ1v) is 10.9. The summed E-state index contributed by atoms with van der Waals surface area (Å²) in [6, 6.07) is 3.14. The van der Waals surface area contributed by atoms with Crippen LogP contribution in [-0.4, -0.2) is 59.7 Å². The zero-order chi connectivity index (χ0) is 18.8. The molecule has 1 aromatic rings. The van der Waals surface area contributed by atoms with Crippen molar-refractivity contribution in [2.24, 2.45) is 11.8 Å². The number of carbonyl (C=O) groups is 3. The Morgan fingerprint density at radius 2 is 1.70 bits per heavy atom. The number of amides is 3. The molecule has 1 N–H and O–H groups in total. The average Bonchev–Trinajstić information content (AvgIpc) is 3.15. The minimum absolute atomic E-state index is 0.0457. The second kappa shape index (κ2) is 8.00. The van der Waals surface area contributed by atoms with Gasteiger partial charge in [0.15, 0.2) is 0 Å². The maximum Gasteiger partial charge on any atom is 0.262 e. The Kier molecular flexibility index (Phi) is 5.48. The number of hydrogen-bond donors (Lipinski definition) is 1. The third-order valence-electron chi connectivity index (χ3n) is 5.96. The summed E-state index contributed by atoms with van der Waals surface area (Å²) in [6.07, 6.45) is 5.65. The molecule has 3 aliphatic rings. The second-order valence-electron chi connectivity index (χ2n) is 7.90. The Morgan fingerprint density at radius 3 is 2.30 bits per heavy atom. The maximum absolute atomic E-state index is 13.1. The van der Waals surface area contributed by atoms with E-state index >= 15 is 0 Å². The first kappa shape index (κ1) is 18.5. The molecule has 0 spiro atoms. The fourth-order valence-corrected chi connectivity index (χ4v) is 4.80. The van der Waals surface area contributed by atoms with Crippen molar-refractivity contribution in [2.75, 3.05) is 26.2 Å². The van der Waals surface area contributed by atoms with Crippen LogP contribution in [-0.2, 0) is 9.59 Å². The monoisotopic (exact) mass is 389 g/mol. The largest absolute Gasteiger partial charge is 0.342 e. The van der Waals surface area contributed by atoms with Crippen LogP contribution in [0.4, 0.5) is 0 Å². The van der Waals surface area contributed by atoms with Gasteiger partial charge in [0, 0.05) is 32.1 Å². The average molecular weight is 390 g/mol. The van der Waals surface area contributed by atoms with Crippen molar-refractivity contribution in [3.8, 4) is 0 Å². The number of nitrogens with zero attached hydrogens (tertiary/aromatic N) is 2. The van der Waals surface area contributed by atoms with E-state index in [0.29, 0.717) is 18.0 Å². The standard InChI is InChI=1S/C20H27N3O3S/c24-18(16-4-3-13-27-16)21-17(20(26)22-9-1-2-10-22)14-7-11-23(12-8-14)19(25)15-5-6-15/h3-4,13-15,17H,1-2,5-12H2,(H,21,24). The smallest absolute Gasteiger partial charge is 0.262 e. The maximum atomic E-state index is 13.1. The van der Waals surface area contributed by atoms with E-state index in [1.807, 2.05) is 21.2 Å². The molecular formula is C20H27N3O3S. The molecule has 27 heavy (non-hydrogen) atoms. The Balaban J connectivity index is 1.43. The summed E-state index contributed by atoms with van der Waals surface area (Å²) in [5, 5.41) is 4.89. The van der Waals surface area contributed by atoms with Crippen LogP contribution in [0.5, 0.6) is 0 Å². The number of nitrogens with one attached hydrogen (secondary N) is 1. The number of hydrogen-bond acceptors (Lipinski definition) is 4. The van der Waals surface area contributed by atoms with Gasteiger partial charge in [-0.3, -0.25) is 14.4 Å². The number of carbonyl (C=O) groups excluding carboxylic acids is 3. The predicted molar refractivity (Wildman–Crippen MR) is 103 cm³/mol. The highest BCUT2D eigenvalue weighted by atomic mass is 32.1. The van der Waals surface area contributed by atoms with E-state index in [1.54, 1.807) is 6.07 Å². The van der Waals surface area contributed by atoms with E-state index in [2.05, 4.69) is 5.32 Å². The molecule has 6 nitrogen and oxygen atoms in total. The van der Waals surface area contributed by atoms with Gasteiger partial charge in [0.1, 0.15) is 6.04 Å². The van der Waals surface area contributed by atoms with Crippen LogP contribution in [0.1, 0.15) is 48.2 Å². The van der Waals surface area contributed by atoms with Crippen molar-refractivity contribution in [3.05, 3.63) is 22.4 Å². The van der Waals surface area contributed by atoms with Crippen LogP contribution in [0, 0.1) is 11.8 Å². The lowest BCUT2D eigenvalue weighted by Crippen LogP contribution is -2.54. The van der Waals surface area contributed by atoms with Crippen LogP contribution in [0.25, 0.3) is 0 Å². The van der Waals surface area contributed by atoms with Crippen molar-refractivity contribution >= 4 is 29.1 Å². The SMILES string of the molecule is O=C(NC(C(=O)N1CCCC1)C1CCN(C(=O)C2CC2)CC1)c1cccs1. The van der Waals surface area contributed by atoms with Crippen LogP contribution in [0.3, 0.4) is 0 Å². The Morgan fingerprint density at radius 1 is 1.00 bits per heavy atom. The molecule has 2 saturated heterocycles. The van der Waals surface area contributed by atoms with Crippen molar-refractivity contribution in [2.45, 2.75) is 44.6 Å². The first-order valence-electron chi connectivity index (χ1n) is 10.1. The van der Waals surface area contributed by atoms with Gasteiger partial charge in [-0.25, -0.2) is 0 Å². The van der Waals surface area contributed by atoms with E-state index in [0.717, 1.165) is 51.6 Å². The van der Waals surface area contributed by atoms with Crippen molar-refractivity contribution in [1.29, 1.82) is 0 Å². The van der Waals surface area contributed by atoms with Gasteiger partial charge >= 0.3 is 0 Å². The molecule has 4 rings (SSSR count). The summed E-state index contributed by atoms with van der Waals surface area (Å²) in [4.78, 5) is 42.5. The van der Waals surface area contributed by atoms with Gasteiger partial charge in [-0.2, -0.15) is 0 Å². The minimum atomic E-state index is -0.490. The van der Waals surface area contributed by atoms with Gasteiger partial charge in [0.2, 0.25) is 11.8 Å². The lowest BCUT2D eigenvalue weighted by atomic mass is 9.88. The molecule has 3 amide bonds. The highest BCUT2D eigenvalue weighted by Gasteiger charge is 2.39. The molecule has 2 aliphatic heterocycles. The van der Waals surface area contributed by atoms with Crippen LogP contribution < -0.4 is 5.32 Å². The van der Waals surface area contributed by atoms with Crippen molar-refractivity contribution in [3.63, 3.8) is 0 Å². The molecule has 146 valence electrons. The van der Waals surface area contributed by atoms with Crippen LogP contribution >= 0.6 is 11.3 Å². The number of likely N-dealkylation sites (tertiary alicyclic amines) is 2. The Bertz CT molecular complexity index is 687. The Labute approximate surface area is 163 Å². The third-order valence-corrected chi connectivity index (χ3v) is 6.83. The molecule has 0 bridgehead atoms. The predicted octanol–water partition coefficient (Wildman–Crippen LogP) is 2.12. The van der Waals surface area contributed by atoms with Gasteiger partial charge in [-0.1, -0.05) is 6.07 Å². The number of rotatable bonds is 5. The topological polar surface area (TPSA) is 69.7 Å². The molecule has 1 aliphatic carbocycles. The summed E-state index contributed by atoms with van der Waals surface area (Å²) in [6.45, 7) is 2.95. The number of thiophene rings is 1. The van der Waals surface area contributed by atoms with E-state index < -0.39 is 6.04 Å². The molecule has 1 atom stereocenters. The van der Waals surface area contributed by atoms with Crippen LogP contribution in [0.15, 0.2) is 17.5 Å². The van der Waals surface area contributed by atoms with Crippen LogP contribution in [0.2, 0.25) is 0 Å². The fraction of sp³-hybridized carbons (Fsp3) is 0.650. The molecule has 1 aromatic heterocycles. The van der Waals surface area contributed by atoms with E-state index in [1.165, 1.54) is 11.3 Å². The van der Waals surface area contributed by atoms with Crippen molar-refractivity contribution in [1.82, 2.24) is 15.1 Å². The summed E-state index contributed by atoms with van der Waals surface area (Å²) < 4.78 is 0. The quantitative estimate of drug-likeness (QED) is 0.839. The van der Waals surface area contributed by atoms with E-state index in [9.17, 15) is 14.4 Å². The van der Waals surface area contributed by atoms with Gasteiger partial charge in [0.25, 0.3) is 5.91 Å². The van der Waals surface area contributed by atoms with Gasteiger partial charge in [-0.15, -0.1) is 11.3 Å². The molecule has 0 radical (unpaired) electrons.